The second-order valence-corrected chi connectivity index (χ2v) is 9.68. The van der Waals surface area contributed by atoms with Crippen LogP contribution in [0.5, 0.6) is 0 Å². The summed E-state index contributed by atoms with van der Waals surface area (Å²) < 4.78 is 6.37. The maximum atomic E-state index is 10.6. The lowest BCUT2D eigenvalue weighted by atomic mass is 10.0. The van der Waals surface area contributed by atoms with Crippen LogP contribution in [0.2, 0.25) is 18.1 Å². The van der Waals surface area contributed by atoms with Crippen LogP contribution in [0.1, 0.15) is 41.5 Å². The fourth-order valence-electron chi connectivity index (χ4n) is 2.09. The molecule has 0 rings (SSSR count). The molecule has 0 N–H and O–H groups in total. The molecule has 0 bridgehead atoms. The highest BCUT2D eigenvalue weighted by molar-refractivity contribution is 6.73. The standard InChI is InChI=1S/C14H28O2Si/c1-7-17(8-2,9-3)16-14(6)13(5)10-12(4)11-15/h10-11,13-14H,7-9H2,1-6H3/b12-10+/t13-,14-/m0/s1. The summed E-state index contributed by atoms with van der Waals surface area (Å²) in [5.41, 5.74) is 0.796. The zero-order valence-corrected chi connectivity index (χ0v) is 13.2. The van der Waals surface area contributed by atoms with Gasteiger partial charge < -0.3 is 4.43 Å². The van der Waals surface area contributed by atoms with Gasteiger partial charge in [-0.3, -0.25) is 4.79 Å². The third-order valence-electron chi connectivity index (χ3n) is 3.82. The van der Waals surface area contributed by atoms with Gasteiger partial charge in [0.25, 0.3) is 0 Å². The number of rotatable bonds is 8. The molecule has 0 radical (unpaired) electrons. The number of hydrogen-bond acceptors (Lipinski definition) is 2. The highest BCUT2D eigenvalue weighted by Gasteiger charge is 2.31. The van der Waals surface area contributed by atoms with Crippen LogP contribution >= 0.6 is 0 Å². The molecule has 17 heavy (non-hydrogen) atoms. The normalized spacial score (nSPS) is 16.7. The molecule has 0 aromatic carbocycles. The van der Waals surface area contributed by atoms with Gasteiger partial charge in [0.05, 0.1) is 0 Å². The Morgan fingerprint density at radius 1 is 1.18 bits per heavy atom. The lowest BCUT2D eigenvalue weighted by Gasteiger charge is -2.33. The molecule has 0 unspecified atom stereocenters. The molecule has 0 aliphatic heterocycles. The fraction of sp³-hybridized carbons (Fsp3) is 0.786. The summed E-state index contributed by atoms with van der Waals surface area (Å²) in [5, 5.41) is 0. The van der Waals surface area contributed by atoms with Crippen LogP contribution in [0.25, 0.3) is 0 Å². The largest absolute Gasteiger partial charge is 0.414 e. The Morgan fingerprint density at radius 2 is 1.65 bits per heavy atom. The number of carbonyl (C=O) groups is 1. The van der Waals surface area contributed by atoms with E-state index in [9.17, 15) is 4.79 Å². The zero-order valence-electron chi connectivity index (χ0n) is 12.2. The maximum Gasteiger partial charge on any atom is 0.192 e. The van der Waals surface area contributed by atoms with E-state index in [0.717, 1.165) is 11.9 Å². The van der Waals surface area contributed by atoms with Crippen molar-refractivity contribution in [1.29, 1.82) is 0 Å². The summed E-state index contributed by atoms with van der Waals surface area (Å²) in [5.74, 6) is 0.303. The van der Waals surface area contributed by atoms with Gasteiger partial charge in [0, 0.05) is 6.10 Å². The number of allylic oxidation sites excluding steroid dienone is 1. The molecule has 0 fully saturated rings. The zero-order chi connectivity index (χ0) is 13.5. The van der Waals surface area contributed by atoms with Gasteiger partial charge in [-0.25, -0.2) is 0 Å². The van der Waals surface area contributed by atoms with E-state index in [1.165, 1.54) is 18.1 Å². The first-order valence-corrected chi connectivity index (χ1v) is 9.29. The maximum absolute atomic E-state index is 10.6. The highest BCUT2D eigenvalue weighted by atomic mass is 28.4. The molecule has 0 aromatic rings. The molecule has 0 amide bonds. The molecular formula is C14H28O2Si. The number of carbonyl (C=O) groups excluding carboxylic acids is 1. The van der Waals surface area contributed by atoms with Gasteiger partial charge in [0.2, 0.25) is 0 Å². The van der Waals surface area contributed by atoms with Crippen molar-refractivity contribution in [2.75, 3.05) is 0 Å². The molecule has 0 aliphatic carbocycles. The van der Waals surface area contributed by atoms with E-state index >= 15 is 0 Å². The summed E-state index contributed by atoms with van der Waals surface area (Å²) in [6, 6.07) is 3.52. The van der Waals surface area contributed by atoms with Crippen molar-refractivity contribution in [3.05, 3.63) is 11.6 Å². The quantitative estimate of drug-likeness (QED) is 0.370. The third-order valence-corrected chi connectivity index (χ3v) is 8.56. The Balaban J connectivity index is 4.61. The summed E-state index contributed by atoms with van der Waals surface area (Å²) in [6.45, 7) is 12.8. The lowest BCUT2D eigenvalue weighted by Crippen LogP contribution is -2.40. The van der Waals surface area contributed by atoms with Crippen LogP contribution in [0.3, 0.4) is 0 Å². The molecule has 0 spiro atoms. The third kappa shape index (κ3) is 5.17. The van der Waals surface area contributed by atoms with Crippen molar-refractivity contribution in [3.63, 3.8) is 0 Å². The predicted octanol–water partition coefficient (Wildman–Crippen LogP) is 4.18. The van der Waals surface area contributed by atoms with Gasteiger partial charge in [-0.05, 0) is 43.5 Å². The molecular weight excluding hydrogens is 228 g/mol. The van der Waals surface area contributed by atoms with Gasteiger partial charge >= 0.3 is 0 Å². The average molecular weight is 256 g/mol. The van der Waals surface area contributed by atoms with Crippen LogP contribution in [0.15, 0.2) is 11.6 Å². The first-order valence-electron chi connectivity index (χ1n) is 6.76. The molecule has 3 heteroatoms. The smallest absolute Gasteiger partial charge is 0.192 e. The van der Waals surface area contributed by atoms with Crippen LogP contribution < -0.4 is 0 Å². The average Bonchev–Trinajstić information content (AvgIpc) is 2.35. The van der Waals surface area contributed by atoms with Crippen molar-refractivity contribution in [3.8, 4) is 0 Å². The Morgan fingerprint density at radius 3 is 2.00 bits per heavy atom. The Bertz CT molecular complexity index is 249. The van der Waals surface area contributed by atoms with Crippen LogP contribution in [0.4, 0.5) is 0 Å². The monoisotopic (exact) mass is 256 g/mol. The van der Waals surface area contributed by atoms with E-state index in [2.05, 4.69) is 34.6 Å². The Labute approximate surface area is 108 Å². The summed E-state index contributed by atoms with van der Waals surface area (Å²) in [4.78, 5) is 10.6. The van der Waals surface area contributed by atoms with E-state index in [1.54, 1.807) is 0 Å². The second kappa shape index (κ2) is 7.83. The lowest BCUT2D eigenvalue weighted by molar-refractivity contribution is -0.104. The SMILES string of the molecule is CC[Si](CC)(CC)O[C@@H](C)[C@@H](C)/C=C(\C)C=O. The van der Waals surface area contributed by atoms with Crippen molar-refractivity contribution in [2.24, 2.45) is 5.92 Å². The minimum atomic E-state index is -1.52. The summed E-state index contributed by atoms with van der Waals surface area (Å²) >= 11 is 0. The Hall–Kier alpha value is -0.413. The van der Waals surface area contributed by atoms with Crippen LogP contribution in [-0.4, -0.2) is 20.7 Å². The Kier molecular flexibility index (Phi) is 7.64. The first-order chi connectivity index (χ1) is 7.94. The van der Waals surface area contributed by atoms with Gasteiger partial charge in [-0.2, -0.15) is 0 Å². The van der Waals surface area contributed by atoms with Gasteiger partial charge in [0.1, 0.15) is 6.29 Å². The molecule has 0 aromatic heterocycles. The molecule has 2 atom stereocenters. The van der Waals surface area contributed by atoms with Crippen molar-refractivity contribution in [2.45, 2.75) is 65.8 Å². The van der Waals surface area contributed by atoms with E-state index in [0.29, 0.717) is 5.92 Å². The van der Waals surface area contributed by atoms with E-state index in [1.807, 2.05) is 13.0 Å². The molecule has 2 nitrogen and oxygen atoms in total. The predicted molar refractivity (Wildman–Crippen MR) is 76.7 cm³/mol. The molecule has 0 saturated heterocycles. The minimum Gasteiger partial charge on any atom is -0.414 e. The molecule has 0 heterocycles. The van der Waals surface area contributed by atoms with Crippen LogP contribution in [-0.2, 0) is 9.22 Å². The fourth-order valence-corrected chi connectivity index (χ4v) is 5.09. The second-order valence-electron chi connectivity index (χ2n) is 4.95. The molecule has 100 valence electrons. The summed E-state index contributed by atoms with van der Waals surface area (Å²) in [7, 11) is -1.52. The van der Waals surface area contributed by atoms with E-state index in [4.69, 9.17) is 4.43 Å². The van der Waals surface area contributed by atoms with Crippen molar-refractivity contribution < 1.29 is 9.22 Å². The highest BCUT2D eigenvalue weighted by Crippen LogP contribution is 2.26. The summed E-state index contributed by atoms with van der Waals surface area (Å²) in [6.07, 6.45) is 3.13. The van der Waals surface area contributed by atoms with Crippen molar-refractivity contribution in [1.82, 2.24) is 0 Å². The van der Waals surface area contributed by atoms with Gasteiger partial charge in [-0.1, -0.05) is 33.8 Å². The minimum absolute atomic E-state index is 0.205. The molecule has 0 aliphatic rings. The molecule has 0 saturated carbocycles. The topological polar surface area (TPSA) is 26.3 Å². The van der Waals surface area contributed by atoms with Gasteiger partial charge in [0.15, 0.2) is 8.32 Å². The van der Waals surface area contributed by atoms with E-state index in [-0.39, 0.29) is 6.10 Å². The van der Waals surface area contributed by atoms with Crippen LogP contribution in [0, 0.1) is 5.92 Å². The number of aldehydes is 1. The van der Waals surface area contributed by atoms with Crippen molar-refractivity contribution >= 4 is 14.6 Å². The van der Waals surface area contributed by atoms with E-state index < -0.39 is 8.32 Å². The number of hydrogen-bond donors (Lipinski definition) is 0. The van der Waals surface area contributed by atoms with Gasteiger partial charge in [-0.15, -0.1) is 0 Å². The first kappa shape index (κ1) is 16.6.